The molecule has 0 fully saturated rings. The van der Waals surface area contributed by atoms with Crippen molar-refractivity contribution < 1.29 is 8.42 Å². The van der Waals surface area contributed by atoms with Crippen molar-refractivity contribution in [2.24, 2.45) is 15.2 Å². The lowest BCUT2D eigenvalue weighted by molar-refractivity contribution is 0.464. The first-order valence-electron chi connectivity index (χ1n) is 6.13. The van der Waals surface area contributed by atoms with Gasteiger partial charge in [-0.1, -0.05) is 18.2 Å². The van der Waals surface area contributed by atoms with Crippen molar-refractivity contribution in [3.63, 3.8) is 0 Å². The van der Waals surface area contributed by atoms with E-state index >= 15 is 0 Å². The molecule has 108 valence electrons. The van der Waals surface area contributed by atoms with Gasteiger partial charge in [0.2, 0.25) is 4.38 Å². The lowest BCUT2D eigenvalue weighted by Gasteiger charge is -2.08. The number of aliphatic imine (C=N–C) groups is 1. The van der Waals surface area contributed by atoms with E-state index < -0.39 is 10.0 Å². The van der Waals surface area contributed by atoms with Crippen LogP contribution in [0.4, 0.5) is 0 Å². The van der Waals surface area contributed by atoms with E-state index in [1.807, 2.05) is 12.1 Å². The average molecular weight is 338 g/mol. The number of rotatable bonds is 1. The Balaban J connectivity index is 1.67. The minimum Gasteiger partial charge on any atom is -0.250 e. The van der Waals surface area contributed by atoms with E-state index in [4.69, 9.17) is 5.14 Å². The third-order valence-corrected chi connectivity index (χ3v) is 6.58. The van der Waals surface area contributed by atoms with Crippen molar-refractivity contribution in [2.75, 3.05) is 6.54 Å². The lowest BCUT2D eigenvalue weighted by atomic mass is 10.1. The highest BCUT2D eigenvalue weighted by molar-refractivity contribution is 8.42. The van der Waals surface area contributed by atoms with Crippen molar-refractivity contribution in [3.05, 3.63) is 35.2 Å². The maximum Gasteiger partial charge on any atom is 0.264 e. The van der Waals surface area contributed by atoms with Crippen molar-refractivity contribution in [1.82, 2.24) is 5.01 Å². The number of amidine groups is 1. The molecule has 3 heterocycles. The molecule has 1 aromatic carbocycles. The Bertz CT molecular complexity index is 900. The normalized spacial score (nSPS) is 21.6. The maximum absolute atomic E-state index is 11.3. The molecule has 9 heteroatoms. The fourth-order valence-electron chi connectivity index (χ4n) is 2.38. The molecule has 0 amide bonds. The fraction of sp³-hybridized carbons (Fsp3) is 0.167. The van der Waals surface area contributed by atoms with Gasteiger partial charge in [0.15, 0.2) is 5.17 Å². The summed E-state index contributed by atoms with van der Waals surface area (Å²) in [6, 6.07) is 8.16. The summed E-state index contributed by atoms with van der Waals surface area (Å²) in [4.78, 5) is 4.58. The van der Waals surface area contributed by atoms with Gasteiger partial charge >= 0.3 is 0 Å². The summed E-state index contributed by atoms with van der Waals surface area (Å²) < 4.78 is 23.7. The molecule has 0 spiro atoms. The first-order chi connectivity index (χ1) is 10.0. The number of sulfonamides is 1. The molecule has 0 bridgehead atoms. The lowest BCUT2D eigenvalue weighted by Crippen LogP contribution is -2.20. The predicted octanol–water partition coefficient (Wildman–Crippen LogP) is 1.92. The number of hydrazone groups is 1. The van der Waals surface area contributed by atoms with E-state index in [0.29, 0.717) is 11.7 Å². The van der Waals surface area contributed by atoms with Gasteiger partial charge in [-0.15, -0.1) is 16.4 Å². The Morgan fingerprint density at radius 3 is 2.90 bits per heavy atom. The van der Waals surface area contributed by atoms with Gasteiger partial charge in [-0.05, 0) is 34.2 Å². The summed E-state index contributed by atoms with van der Waals surface area (Å²) in [7, 11) is -3.76. The minimum atomic E-state index is -3.76. The van der Waals surface area contributed by atoms with Crippen LogP contribution in [-0.2, 0) is 10.0 Å². The predicted molar refractivity (Wildman–Crippen MR) is 86.8 cm³/mol. The number of hydrogen-bond donors (Lipinski definition) is 1. The van der Waals surface area contributed by atoms with Gasteiger partial charge in [0.1, 0.15) is 0 Å². The summed E-state index contributed by atoms with van der Waals surface area (Å²) in [5.74, 6) is 0. The van der Waals surface area contributed by atoms with Gasteiger partial charge in [-0.25, -0.2) is 18.6 Å². The Hall–Kier alpha value is -1.42. The van der Waals surface area contributed by atoms with E-state index in [2.05, 4.69) is 27.6 Å². The van der Waals surface area contributed by atoms with Crippen LogP contribution in [0.5, 0.6) is 0 Å². The summed E-state index contributed by atoms with van der Waals surface area (Å²) >= 11 is 2.70. The topological polar surface area (TPSA) is 88.1 Å². The van der Waals surface area contributed by atoms with Gasteiger partial charge in [-0.3, -0.25) is 4.99 Å². The molecule has 4 rings (SSSR count). The molecule has 21 heavy (non-hydrogen) atoms. The van der Waals surface area contributed by atoms with Crippen molar-refractivity contribution in [1.29, 1.82) is 0 Å². The molecule has 2 N–H and O–H groups in total. The van der Waals surface area contributed by atoms with E-state index in [0.717, 1.165) is 17.3 Å². The quantitative estimate of drug-likeness (QED) is 0.860. The smallest absolute Gasteiger partial charge is 0.250 e. The summed E-state index contributed by atoms with van der Waals surface area (Å²) in [6.45, 7) is 0.544. The highest BCUT2D eigenvalue weighted by atomic mass is 32.3. The van der Waals surface area contributed by atoms with Crippen LogP contribution in [0.3, 0.4) is 0 Å². The zero-order valence-corrected chi connectivity index (χ0v) is 13.1. The Labute approximate surface area is 129 Å². The highest BCUT2D eigenvalue weighted by Gasteiger charge is 2.37. The standard InChI is InChI=1S/C12H10N4O2S3/c13-21(17,18)12-15-16-5-9(14-11(16)20-12)8-6-19-10-4-2-1-3-7(8)10/h1-4,6,9H,5H2,(H2,13,17,18). The van der Waals surface area contributed by atoms with E-state index in [1.165, 1.54) is 10.1 Å². The van der Waals surface area contributed by atoms with Crippen molar-refractivity contribution in [3.8, 4) is 0 Å². The average Bonchev–Trinajstić information content (AvgIpc) is 3.08. The maximum atomic E-state index is 11.3. The Morgan fingerprint density at radius 1 is 1.33 bits per heavy atom. The highest BCUT2D eigenvalue weighted by Crippen LogP contribution is 2.38. The first-order valence-corrected chi connectivity index (χ1v) is 9.37. The van der Waals surface area contributed by atoms with Crippen molar-refractivity contribution in [2.45, 2.75) is 6.04 Å². The third-order valence-electron chi connectivity index (χ3n) is 3.33. The number of hydrogen-bond acceptors (Lipinski definition) is 7. The Morgan fingerprint density at radius 2 is 2.14 bits per heavy atom. The first kappa shape index (κ1) is 13.3. The third kappa shape index (κ3) is 2.16. The van der Waals surface area contributed by atoms with Gasteiger partial charge in [-0.2, -0.15) is 0 Å². The number of nitrogens with two attached hydrogens (primary N) is 1. The second kappa shape index (κ2) is 4.54. The molecule has 0 saturated carbocycles. The molecule has 0 saturated heterocycles. The van der Waals surface area contributed by atoms with E-state index in [1.54, 1.807) is 16.3 Å². The molecule has 0 aliphatic carbocycles. The summed E-state index contributed by atoms with van der Waals surface area (Å²) in [5.41, 5.74) is 1.16. The molecule has 1 atom stereocenters. The molecular formula is C12H10N4O2S3. The van der Waals surface area contributed by atoms with Gasteiger partial charge < -0.3 is 0 Å². The van der Waals surface area contributed by atoms with Crippen LogP contribution in [0, 0.1) is 0 Å². The van der Waals surface area contributed by atoms with E-state index in [9.17, 15) is 8.42 Å². The number of primary sulfonamides is 1. The molecular weight excluding hydrogens is 328 g/mol. The Kier molecular flexibility index (Phi) is 2.86. The summed E-state index contributed by atoms with van der Waals surface area (Å²) in [6.07, 6.45) is 0. The molecule has 2 aliphatic heterocycles. The molecule has 2 aromatic rings. The second-order valence-corrected chi connectivity index (χ2v) is 8.31. The van der Waals surface area contributed by atoms with Gasteiger partial charge in [0.25, 0.3) is 10.0 Å². The van der Waals surface area contributed by atoms with Crippen LogP contribution in [0.15, 0.2) is 39.7 Å². The number of thiophene rings is 1. The zero-order valence-electron chi connectivity index (χ0n) is 10.6. The monoisotopic (exact) mass is 338 g/mol. The second-order valence-electron chi connectivity index (χ2n) is 4.71. The molecule has 1 unspecified atom stereocenters. The van der Waals surface area contributed by atoms with Crippen LogP contribution in [0.2, 0.25) is 0 Å². The van der Waals surface area contributed by atoms with Crippen LogP contribution in [0.1, 0.15) is 11.6 Å². The SMILES string of the molecule is NS(=O)(=O)C1=NN2CC(c3csc4ccccc34)N=C2S1. The van der Waals surface area contributed by atoms with Crippen molar-refractivity contribution >= 4 is 52.8 Å². The fourth-order valence-corrected chi connectivity index (χ4v) is 4.99. The minimum absolute atomic E-state index is 0.0190. The number of benzene rings is 1. The zero-order chi connectivity index (χ0) is 14.6. The van der Waals surface area contributed by atoms with Crippen LogP contribution >= 0.6 is 23.1 Å². The number of fused-ring (bicyclic) bond motifs is 2. The van der Waals surface area contributed by atoms with Crippen LogP contribution in [-0.4, -0.2) is 29.5 Å². The van der Waals surface area contributed by atoms with Gasteiger partial charge in [0.05, 0.1) is 12.6 Å². The van der Waals surface area contributed by atoms with E-state index in [-0.39, 0.29) is 10.4 Å². The van der Waals surface area contributed by atoms with Gasteiger partial charge in [0, 0.05) is 4.70 Å². The summed E-state index contributed by atoms with van der Waals surface area (Å²) in [5, 5.41) is 14.6. The molecule has 0 radical (unpaired) electrons. The largest absolute Gasteiger partial charge is 0.264 e. The molecule has 6 nitrogen and oxygen atoms in total. The van der Waals surface area contributed by atoms with Crippen LogP contribution < -0.4 is 5.14 Å². The molecule has 2 aliphatic rings. The number of thioether (sulfide) groups is 1. The van der Waals surface area contributed by atoms with Crippen LogP contribution in [0.25, 0.3) is 10.1 Å². The molecule has 1 aromatic heterocycles. The number of nitrogens with zero attached hydrogens (tertiary/aromatic N) is 3.